The Kier molecular flexibility index (Phi) is 6.66. The molecule has 20 heavy (non-hydrogen) atoms. The quantitative estimate of drug-likeness (QED) is 0.342. The van der Waals surface area contributed by atoms with Gasteiger partial charge in [0, 0.05) is 24.6 Å². The highest BCUT2D eigenvalue weighted by molar-refractivity contribution is 5.69. The molecule has 0 aliphatic heterocycles. The lowest BCUT2D eigenvalue weighted by atomic mass is 10.1. The van der Waals surface area contributed by atoms with Gasteiger partial charge in [-0.3, -0.25) is 14.9 Å². The molecule has 0 saturated carbocycles. The fourth-order valence-electron chi connectivity index (χ4n) is 1.79. The van der Waals surface area contributed by atoms with Gasteiger partial charge in [0.2, 0.25) is 0 Å². The van der Waals surface area contributed by atoms with E-state index in [1.807, 2.05) is 6.92 Å². The van der Waals surface area contributed by atoms with E-state index in [1.54, 1.807) is 19.1 Å². The molecule has 0 spiro atoms. The van der Waals surface area contributed by atoms with E-state index in [0.717, 1.165) is 5.56 Å². The largest absolute Gasteiger partial charge is 0.466 e. The number of carbonyl (C=O) groups is 1. The van der Waals surface area contributed by atoms with Crippen LogP contribution in [0.5, 0.6) is 0 Å². The minimum absolute atomic E-state index is 0.0815. The Balaban J connectivity index is 2.33. The SMILES string of the molecule is CCOC(=O)CCCNC(C)c1ccc([N+](=O)[O-])cc1. The number of nitrogens with zero attached hydrogens (tertiary/aromatic N) is 1. The molecular formula is C14H20N2O4. The third-order valence-electron chi connectivity index (χ3n) is 2.92. The van der Waals surface area contributed by atoms with Crippen molar-refractivity contribution in [2.75, 3.05) is 13.2 Å². The molecule has 0 amide bonds. The van der Waals surface area contributed by atoms with E-state index in [1.165, 1.54) is 12.1 Å². The summed E-state index contributed by atoms with van der Waals surface area (Å²) in [5.41, 5.74) is 1.06. The molecule has 1 atom stereocenters. The number of ether oxygens (including phenoxy) is 1. The Morgan fingerprint density at radius 3 is 2.60 bits per heavy atom. The van der Waals surface area contributed by atoms with Crippen molar-refractivity contribution in [1.82, 2.24) is 5.32 Å². The topological polar surface area (TPSA) is 81.5 Å². The van der Waals surface area contributed by atoms with Gasteiger partial charge in [0.05, 0.1) is 11.5 Å². The number of non-ortho nitro benzene ring substituents is 1. The van der Waals surface area contributed by atoms with E-state index >= 15 is 0 Å². The Hall–Kier alpha value is -1.95. The van der Waals surface area contributed by atoms with Crippen molar-refractivity contribution in [3.63, 3.8) is 0 Å². The van der Waals surface area contributed by atoms with Crippen LogP contribution in [0.4, 0.5) is 5.69 Å². The number of hydrogen-bond acceptors (Lipinski definition) is 5. The normalized spacial score (nSPS) is 11.9. The molecule has 6 nitrogen and oxygen atoms in total. The molecule has 1 aromatic rings. The average Bonchev–Trinajstić information content (AvgIpc) is 2.43. The number of benzene rings is 1. The van der Waals surface area contributed by atoms with E-state index < -0.39 is 4.92 Å². The first-order valence-electron chi connectivity index (χ1n) is 6.68. The molecule has 1 N–H and O–H groups in total. The van der Waals surface area contributed by atoms with Gasteiger partial charge >= 0.3 is 5.97 Å². The Morgan fingerprint density at radius 2 is 2.05 bits per heavy atom. The summed E-state index contributed by atoms with van der Waals surface area (Å²) in [6, 6.07) is 6.54. The van der Waals surface area contributed by atoms with Gasteiger partial charge in [0.15, 0.2) is 0 Å². The molecule has 0 fully saturated rings. The molecule has 110 valence electrons. The molecule has 0 heterocycles. The minimum Gasteiger partial charge on any atom is -0.466 e. The summed E-state index contributed by atoms with van der Waals surface area (Å²) in [5, 5.41) is 13.8. The smallest absolute Gasteiger partial charge is 0.305 e. The van der Waals surface area contributed by atoms with E-state index in [9.17, 15) is 14.9 Å². The maximum absolute atomic E-state index is 11.1. The van der Waals surface area contributed by atoms with Gasteiger partial charge < -0.3 is 10.1 Å². The number of nitro groups is 1. The van der Waals surface area contributed by atoms with Crippen LogP contribution in [0.3, 0.4) is 0 Å². The number of hydrogen-bond donors (Lipinski definition) is 1. The molecule has 0 aliphatic carbocycles. The molecule has 1 unspecified atom stereocenters. The van der Waals surface area contributed by atoms with E-state index in [2.05, 4.69) is 5.32 Å². The number of nitro benzene ring substituents is 1. The first kappa shape index (κ1) is 16.1. The summed E-state index contributed by atoms with van der Waals surface area (Å²) in [6.07, 6.45) is 1.10. The Bertz CT molecular complexity index is 445. The summed E-state index contributed by atoms with van der Waals surface area (Å²) in [7, 11) is 0. The van der Waals surface area contributed by atoms with Crippen molar-refractivity contribution in [2.24, 2.45) is 0 Å². The molecule has 1 rings (SSSR count). The van der Waals surface area contributed by atoms with Crippen molar-refractivity contribution >= 4 is 11.7 Å². The zero-order valence-electron chi connectivity index (χ0n) is 11.8. The van der Waals surface area contributed by atoms with Crippen LogP contribution in [0.1, 0.15) is 38.3 Å². The van der Waals surface area contributed by atoms with E-state index in [0.29, 0.717) is 26.0 Å². The summed E-state index contributed by atoms with van der Waals surface area (Å²) < 4.78 is 4.84. The standard InChI is InChI=1S/C14H20N2O4/c1-3-20-14(17)5-4-10-15-11(2)12-6-8-13(9-7-12)16(18)19/h6-9,11,15H,3-5,10H2,1-2H3. The van der Waals surface area contributed by atoms with Crippen molar-refractivity contribution in [2.45, 2.75) is 32.7 Å². The third-order valence-corrected chi connectivity index (χ3v) is 2.92. The molecule has 0 aliphatic rings. The highest BCUT2D eigenvalue weighted by Gasteiger charge is 2.09. The lowest BCUT2D eigenvalue weighted by Gasteiger charge is -2.13. The first-order chi connectivity index (χ1) is 9.54. The monoisotopic (exact) mass is 280 g/mol. The van der Waals surface area contributed by atoms with Gasteiger partial charge in [-0.05, 0) is 32.4 Å². The van der Waals surface area contributed by atoms with Crippen LogP contribution in [0.25, 0.3) is 0 Å². The van der Waals surface area contributed by atoms with Gasteiger partial charge in [0.1, 0.15) is 0 Å². The zero-order valence-corrected chi connectivity index (χ0v) is 11.8. The van der Waals surface area contributed by atoms with Gasteiger partial charge in [-0.15, -0.1) is 0 Å². The minimum atomic E-state index is -0.415. The maximum atomic E-state index is 11.1. The van der Waals surface area contributed by atoms with Gasteiger partial charge in [-0.2, -0.15) is 0 Å². The molecular weight excluding hydrogens is 260 g/mol. The van der Waals surface area contributed by atoms with Crippen LogP contribution in [0.2, 0.25) is 0 Å². The van der Waals surface area contributed by atoms with Crippen molar-refractivity contribution < 1.29 is 14.5 Å². The summed E-state index contributed by atoms with van der Waals surface area (Å²) in [6.45, 7) is 4.86. The summed E-state index contributed by atoms with van der Waals surface area (Å²) >= 11 is 0. The predicted octanol–water partition coefficient (Wildman–Crippen LogP) is 2.59. The fourth-order valence-corrected chi connectivity index (χ4v) is 1.79. The van der Waals surface area contributed by atoms with Crippen LogP contribution < -0.4 is 5.32 Å². The fraction of sp³-hybridized carbons (Fsp3) is 0.500. The lowest BCUT2D eigenvalue weighted by molar-refractivity contribution is -0.384. The van der Waals surface area contributed by atoms with Gasteiger partial charge in [-0.25, -0.2) is 0 Å². The number of nitrogens with one attached hydrogen (secondary N) is 1. The molecule has 6 heteroatoms. The first-order valence-corrected chi connectivity index (χ1v) is 6.68. The second-order valence-electron chi connectivity index (χ2n) is 4.43. The summed E-state index contributed by atoms with van der Waals surface area (Å²) in [5.74, 6) is -0.183. The van der Waals surface area contributed by atoms with Crippen LogP contribution in [0, 0.1) is 10.1 Å². The van der Waals surface area contributed by atoms with Gasteiger partial charge in [0.25, 0.3) is 5.69 Å². The zero-order chi connectivity index (χ0) is 15.0. The van der Waals surface area contributed by atoms with Crippen molar-refractivity contribution in [3.05, 3.63) is 39.9 Å². The van der Waals surface area contributed by atoms with E-state index in [4.69, 9.17) is 4.74 Å². The van der Waals surface area contributed by atoms with Crippen molar-refractivity contribution in [1.29, 1.82) is 0 Å². The molecule has 0 bridgehead atoms. The number of rotatable bonds is 8. The molecule has 0 radical (unpaired) electrons. The Morgan fingerprint density at radius 1 is 1.40 bits per heavy atom. The molecule has 0 aromatic heterocycles. The third kappa shape index (κ3) is 5.36. The second kappa shape index (κ2) is 8.27. The lowest BCUT2D eigenvalue weighted by Crippen LogP contribution is -2.20. The predicted molar refractivity (Wildman–Crippen MR) is 75.4 cm³/mol. The van der Waals surface area contributed by atoms with E-state index in [-0.39, 0.29) is 17.7 Å². The van der Waals surface area contributed by atoms with Crippen LogP contribution >= 0.6 is 0 Å². The Labute approximate surface area is 118 Å². The summed E-state index contributed by atoms with van der Waals surface area (Å²) in [4.78, 5) is 21.3. The molecule has 0 saturated heterocycles. The van der Waals surface area contributed by atoms with Gasteiger partial charge in [-0.1, -0.05) is 12.1 Å². The van der Waals surface area contributed by atoms with Crippen molar-refractivity contribution in [3.8, 4) is 0 Å². The highest BCUT2D eigenvalue weighted by Crippen LogP contribution is 2.17. The van der Waals surface area contributed by atoms with Crippen LogP contribution in [0.15, 0.2) is 24.3 Å². The number of carbonyl (C=O) groups excluding carboxylic acids is 1. The maximum Gasteiger partial charge on any atom is 0.305 e. The molecule has 1 aromatic carbocycles. The second-order valence-corrected chi connectivity index (χ2v) is 4.43. The number of esters is 1. The van der Waals surface area contributed by atoms with Crippen LogP contribution in [-0.4, -0.2) is 24.0 Å². The highest BCUT2D eigenvalue weighted by atomic mass is 16.6. The average molecular weight is 280 g/mol. The van der Waals surface area contributed by atoms with Crippen LogP contribution in [-0.2, 0) is 9.53 Å².